The zero-order valence-electron chi connectivity index (χ0n) is 12.1. The van der Waals surface area contributed by atoms with Gasteiger partial charge in [0.05, 0.1) is 6.10 Å². The second kappa shape index (κ2) is 8.46. The average Bonchev–Trinajstić information content (AvgIpc) is 2.49. The molecule has 0 atom stereocenters. The van der Waals surface area contributed by atoms with Gasteiger partial charge < -0.3 is 15.8 Å². The molecular weight excluding hydrogens is 334 g/mol. The van der Waals surface area contributed by atoms with Crippen LogP contribution in [0.1, 0.15) is 42.6 Å². The van der Waals surface area contributed by atoms with Gasteiger partial charge in [-0.15, -0.1) is 0 Å². The molecule has 2 rings (SSSR count). The first kappa shape index (κ1) is 16.4. The fourth-order valence-corrected chi connectivity index (χ4v) is 2.85. The summed E-state index contributed by atoms with van der Waals surface area (Å²) < 4.78 is 6.52. The standard InChI is InChI=1S/C15H22BrN3O2/c16-13-3-1-8-18-14(13)15(20)19-9-2-10-21-12-6-4-11(17)5-7-12/h1,3,8,11-12H,2,4-7,9-10,17H2,(H,19,20). The summed E-state index contributed by atoms with van der Waals surface area (Å²) in [5.74, 6) is -0.161. The second-order valence-corrected chi connectivity index (χ2v) is 6.21. The number of carbonyl (C=O) groups excluding carboxylic acids is 1. The highest BCUT2D eigenvalue weighted by molar-refractivity contribution is 9.10. The minimum Gasteiger partial charge on any atom is -0.378 e. The molecule has 21 heavy (non-hydrogen) atoms. The molecule has 116 valence electrons. The van der Waals surface area contributed by atoms with Crippen molar-refractivity contribution in [3.63, 3.8) is 0 Å². The molecule has 0 aliphatic heterocycles. The summed E-state index contributed by atoms with van der Waals surface area (Å²) in [4.78, 5) is 16.0. The predicted molar refractivity (Wildman–Crippen MR) is 85.1 cm³/mol. The lowest BCUT2D eigenvalue weighted by Gasteiger charge is -2.26. The average molecular weight is 356 g/mol. The molecule has 1 aromatic heterocycles. The monoisotopic (exact) mass is 355 g/mol. The Labute approximate surface area is 133 Å². The van der Waals surface area contributed by atoms with Gasteiger partial charge in [-0.1, -0.05) is 0 Å². The number of nitrogens with one attached hydrogen (secondary N) is 1. The summed E-state index contributed by atoms with van der Waals surface area (Å²) in [7, 11) is 0. The summed E-state index contributed by atoms with van der Waals surface area (Å²) in [5, 5.41) is 2.85. The molecule has 0 spiro atoms. The molecule has 1 aliphatic carbocycles. The Morgan fingerprint density at radius 1 is 1.43 bits per heavy atom. The number of nitrogens with zero attached hydrogens (tertiary/aromatic N) is 1. The highest BCUT2D eigenvalue weighted by Crippen LogP contribution is 2.19. The lowest BCUT2D eigenvalue weighted by molar-refractivity contribution is 0.0241. The normalized spacial score (nSPS) is 22.0. The van der Waals surface area contributed by atoms with Crippen LogP contribution in [0, 0.1) is 0 Å². The van der Waals surface area contributed by atoms with Crippen molar-refractivity contribution < 1.29 is 9.53 Å². The van der Waals surface area contributed by atoms with Gasteiger partial charge in [-0.25, -0.2) is 4.98 Å². The van der Waals surface area contributed by atoms with Crippen molar-refractivity contribution in [1.82, 2.24) is 10.3 Å². The molecule has 0 unspecified atom stereocenters. The minimum atomic E-state index is -0.161. The van der Waals surface area contributed by atoms with Crippen LogP contribution < -0.4 is 11.1 Å². The third-order valence-corrected chi connectivity index (χ3v) is 4.29. The maximum atomic E-state index is 11.9. The maximum absolute atomic E-state index is 11.9. The number of nitrogens with two attached hydrogens (primary N) is 1. The van der Waals surface area contributed by atoms with Crippen molar-refractivity contribution in [2.75, 3.05) is 13.2 Å². The number of hydrogen-bond donors (Lipinski definition) is 2. The number of amides is 1. The molecule has 1 fully saturated rings. The van der Waals surface area contributed by atoms with Gasteiger partial charge >= 0.3 is 0 Å². The third-order valence-electron chi connectivity index (χ3n) is 3.65. The number of ether oxygens (including phenoxy) is 1. The number of hydrogen-bond acceptors (Lipinski definition) is 4. The summed E-state index contributed by atoms with van der Waals surface area (Å²) in [6, 6.07) is 3.93. The predicted octanol–water partition coefficient (Wildman–Crippen LogP) is 2.25. The van der Waals surface area contributed by atoms with Gasteiger partial charge in [-0.2, -0.15) is 0 Å². The Bertz CT molecular complexity index is 462. The first-order valence-corrected chi connectivity index (χ1v) is 8.22. The van der Waals surface area contributed by atoms with E-state index < -0.39 is 0 Å². The van der Waals surface area contributed by atoms with Gasteiger partial charge in [0.15, 0.2) is 0 Å². The van der Waals surface area contributed by atoms with Crippen LogP contribution in [-0.4, -0.2) is 36.2 Å². The van der Waals surface area contributed by atoms with Crippen molar-refractivity contribution >= 4 is 21.8 Å². The van der Waals surface area contributed by atoms with E-state index in [0.717, 1.165) is 32.1 Å². The largest absolute Gasteiger partial charge is 0.378 e. The fraction of sp³-hybridized carbons (Fsp3) is 0.600. The highest BCUT2D eigenvalue weighted by Gasteiger charge is 2.18. The van der Waals surface area contributed by atoms with E-state index in [1.165, 1.54) is 0 Å². The summed E-state index contributed by atoms with van der Waals surface area (Å²) in [6.45, 7) is 1.26. The lowest BCUT2D eigenvalue weighted by atomic mass is 9.94. The van der Waals surface area contributed by atoms with Crippen molar-refractivity contribution in [2.24, 2.45) is 5.73 Å². The molecule has 0 saturated heterocycles. The smallest absolute Gasteiger partial charge is 0.271 e. The fourth-order valence-electron chi connectivity index (χ4n) is 2.42. The molecule has 3 N–H and O–H groups in total. The van der Waals surface area contributed by atoms with E-state index in [9.17, 15) is 4.79 Å². The van der Waals surface area contributed by atoms with Gasteiger partial charge in [0, 0.05) is 29.9 Å². The first-order valence-electron chi connectivity index (χ1n) is 7.42. The lowest BCUT2D eigenvalue weighted by Crippen LogP contribution is -2.31. The van der Waals surface area contributed by atoms with Crippen molar-refractivity contribution in [3.05, 3.63) is 28.5 Å². The SMILES string of the molecule is NC1CCC(OCCCNC(=O)c2ncccc2Br)CC1. The van der Waals surface area contributed by atoms with Gasteiger partial charge in [0.25, 0.3) is 5.91 Å². The van der Waals surface area contributed by atoms with Crippen molar-refractivity contribution in [1.29, 1.82) is 0 Å². The number of pyridine rings is 1. The number of rotatable bonds is 6. The molecule has 1 saturated carbocycles. The Balaban J connectivity index is 1.60. The summed E-state index contributed by atoms with van der Waals surface area (Å²) in [6.07, 6.45) is 6.95. The summed E-state index contributed by atoms with van der Waals surface area (Å²) >= 11 is 3.32. The number of halogens is 1. The van der Waals surface area contributed by atoms with E-state index in [4.69, 9.17) is 10.5 Å². The van der Waals surface area contributed by atoms with Gasteiger partial charge in [-0.3, -0.25) is 4.79 Å². The molecule has 0 radical (unpaired) electrons. The van der Waals surface area contributed by atoms with Crippen LogP contribution in [0.25, 0.3) is 0 Å². The molecule has 1 aliphatic rings. The van der Waals surface area contributed by atoms with Crippen LogP contribution in [0.3, 0.4) is 0 Å². The molecule has 1 heterocycles. The minimum absolute atomic E-state index is 0.161. The number of aromatic nitrogens is 1. The molecule has 0 bridgehead atoms. The van der Waals surface area contributed by atoms with Gasteiger partial charge in [-0.05, 0) is 60.2 Å². The van der Waals surface area contributed by atoms with E-state index >= 15 is 0 Å². The van der Waals surface area contributed by atoms with Gasteiger partial charge in [0.1, 0.15) is 5.69 Å². The zero-order chi connectivity index (χ0) is 15.1. The zero-order valence-corrected chi connectivity index (χ0v) is 13.6. The third kappa shape index (κ3) is 5.37. The van der Waals surface area contributed by atoms with Crippen molar-refractivity contribution in [2.45, 2.75) is 44.2 Å². The van der Waals surface area contributed by atoms with E-state index in [0.29, 0.717) is 35.5 Å². The Hall–Kier alpha value is -0.980. The molecule has 0 aromatic carbocycles. The van der Waals surface area contributed by atoms with Crippen LogP contribution in [-0.2, 0) is 4.74 Å². The highest BCUT2D eigenvalue weighted by atomic mass is 79.9. The molecular formula is C15H22BrN3O2. The topological polar surface area (TPSA) is 77.2 Å². The quantitative estimate of drug-likeness (QED) is 0.767. The van der Waals surface area contributed by atoms with E-state index in [-0.39, 0.29) is 5.91 Å². The van der Waals surface area contributed by atoms with Crippen LogP contribution >= 0.6 is 15.9 Å². The number of carbonyl (C=O) groups is 1. The Kier molecular flexibility index (Phi) is 6.60. The molecule has 1 aromatic rings. The Morgan fingerprint density at radius 3 is 2.90 bits per heavy atom. The second-order valence-electron chi connectivity index (χ2n) is 5.35. The molecule has 1 amide bonds. The first-order chi connectivity index (χ1) is 10.2. The van der Waals surface area contributed by atoms with E-state index in [1.54, 1.807) is 18.3 Å². The van der Waals surface area contributed by atoms with Crippen LogP contribution in [0.5, 0.6) is 0 Å². The van der Waals surface area contributed by atoms with Crippen LogP contribution in [0.2, 0.25) is 0 Å². The molecule has 6 heteroatoms. The van der Waals surface area contributed by atoms with Crippen LogP contribution in [0.15, 0.2) is 22.8 Å². The summed E-state index contributed by atoms with van der Waals surface area (Å²) in [5.41, 5.74) is 6.28. The van der Waals surface area contributed by atoms with Gasteiger partial charge in [0.2, 0.25) is 0 Å². The molecule has 5 nitrogen and oxygen atoms in total. The van der Waals surface area contributed by atoms with Crippen molar-refractivity contribution in [3.8, 4) is 0 Å². The van der Waals surface area contributed by atoms with E-state index in [2.05, 4.69) is 26.2 Å². The Morgan fingerprint density at radius 2 is 2.19 bits per heavy atom. The maximum Gasteiger partial charge on any atom is 0.271 e. The van der Waals surface area contributed by atoms with E-state index in [1.807, 2.05) is 0 Å². The van der Waals surface area contributed by atoms with Crippen LogP contribution in [0.4, 0.5) is 0 Å².